The largest absolute Gasteiger partial charge is 0.394 e. The molecule has 0 unspecified atom stereocenters. The number of hydrogen-bond acceptors (Lipinski definition) is 3. The fraction of sp³-hybridized carbons (Fsp3) is 0.947. The van der Waals surface area contributed by atoms with Gasteiger partial charge in [-0.3, -0.25) is 4.79 Å². The van der Waals surface area contributed by atoms with Gasteiger partial charge in [0.05, 0.1) is 18.8 Å². The minimum absolute atomic E-state index is 0.0574. The Balaban J connectivity index is 3.35. The summed E-state index contributed by atoms with van der Waals surface area (Å²) in [6, 6.07) is -0.617. The van der Waals surface area contributed by atoms with Crippen molar-refractivity contribution in [1.29, 1.82) is 0 Å². The average Bonchev–Trinajstić information content (AvgIpc) is 3.26. The lowest BCUT2D eigenvalue weighted by molar-refractivity contribution is -0.123. The molecular weight excluding hydrogens is 747 g/mol. The third-order valence-electron chi connectivity index (χ3n) is 13.5. The van der Waals surface area contributed by atoms with Crippen molar-refractivity contribution in [2.45, 2.75) is 341 Å². The molecule has 0 aliphatic heterocycles. The molecule has 0 heterocycles. The highest BCUT2D eigenvalue weighted by atomic mass is 16.3. The highest BCUT2D eigenvalue weighted by Crippen LogP contribution is 2.18. The summed E-state index contributed by atoms with van der Waals surface area (Å²) < 4.78 is 0. The van der Waals surface area contributed by atoms with Gasteiger partial charge in [0, 0.05) is 6.42 Å². The fourth-order valence-corrected chi connectivity index (χ4v) is 9.18. The van der Waals surface area contributed by atoms with Gasteiger partial charge < -0.3 is 15.5 Å². The maximum Gasteiger partial charge on any atom is 0.220 e. The van der Waals surface area contributed by atoms with Crippen molar-refractivity contribution in [3.63, 3.8) is 0 Å². The van der Waals surface area contributed by atoms with E-state index >= 15 is 0 Å². The second-order valence-corrected chi connectivity index (χ2v) is 19.7. The Kier molecular flexibility index (Phi) is 52.7. The first kappa shape index (κ1) is 60.1. The van der Waals surface area contributed by atoms with Crippen molar-refractivity contribution in [3.05, 3.63) is 12.2 Å². The first-order chi connectivity index (χ1) is 30.2. The van der Waals surface area contributed by atoms with E-state index in [1.165, 1.54) is 283 Å². The van der Waals surface area contributed by atoms with E-state index in [0.717, 1.165) is 25.7 Å². The molecule has 0 aromatic rings. The van der Waals surface area contributed by atoms with Crippen molar-refractivity contribution >= 4 is 5.91 Å². The van der Waals surface area contributed by atoms with Crippen molar-refractivity contribution in [3.8, 4) is 0 Å². The summed E-state index contributed by atoms with van der Waals surface area (Å²) in [6.45, 7) is 4.34. The first-order valence-electron chi connectivity index (χ1n) is 28.4. The lowest BCUT2D eigenvalue weighted by Crippen LogP contribution is -2.45. The molecule has 0 aromatic heterocycles. The molecule has 4 nitrogen and oxygen atoms in total. The molecule has 4 heteroatoms. The fourth-order valence-electron chi connectivity index (χ4n) is 9.18. The van der Waals surface area contributed by atoms with Crippen LogP contribution in [-0.4, -0.2) is 34.9 Å². The van der Waals surface area contributed by atoms with Crippen LogP contribution in [-0.2, 0) is 4.79 Å². The summed E-state index contributed by atoms with van der Waals surface area (Å²) in [5.74, 6) is -0.0574. The van der Waals surface area contributed by atoms with E-state index in [4.69, 9.17) is 0 Å². The topological polar surface area (TPSA) is 69.6 Å². The van der Waals surface area contributed by atoms with Gasteiger partial charge in [-0.15, -0.1) is 0 Å². The Morgan fingerprint density at radius 3 is 0.852 bits per heavy atom. The number of allylic oxidation sites excluding steroid dienone is 1. The number of carbonyl (C=O) groups is 1. The molecule has 0 bridgehead atoms. The zero-order valence-electron chi connectivity index (χ0n) is 42.0. The second kappa shape index (κ2) is 53.5. The average molecular weight is 861 g/mol. The molecule has 0 fully saturated rings. The number of amides is 1. The van der Waals surface area contributed by atoms with Crippen LogP contribution in [0.25, 0.3) is 0 Å². The molecule has 1 amide bonds. The minimum atomic E-state index is -0.834. The molecule has 0 aliphatic carbocycles. The zero-order chi connectivity index (χ0) is 44.2. The van der Waals surface area contributed by atoms with E-state index in [-0.39, 0.29) is 12.5 Å². The predicted octanol–water partition coefficient (Wildman–Crippen LogP) is 18.5. The molecule has 61 heavy (non-hydrogen) atoms. The number of hydrogen-bond donors (Lipinski definition) is 3. The van der Waals surface area contributed by atoms with E-state index in [9.17, 15) is 15.0 Å². The van der Waals surface area contributed by atoms with Crippen LogP contribution < -0.4 is 5.32 Å². The van der Waals surface area contributed by atoms with Crippen LogP contribution in [0, 0.1) is 0 Å². The van der Waals surface area contributed by atoms with Crippen molar-refractivity contribution in [2.24, 2.45) is 0 Å². The molecule has 0 saturated heterocycles. The van der Waals surface area contributed by atoms with Crippen molar-refractivity contribution < 1.29 is 15.0 Å². The molecule has 3 N–H and O–H groups in total. The van der Waals surface area contributed by atoms with Crippen molar-refractivity contribution in [2.75, 3.05) is 6.61 Å². The Bertz CT molecular complexity index is 844. The number of aliphatic hydroxyl groups excluding tert-OH is 2. The second-order valence-electron chi connectivity index (χ2n) is 19.7. The van der Waals surface area contributed by atoms with Crippen LogP contribution in [0.4, 0.5) is 0 Å². The molecule has 0 rings (SSSR count). The van der Waals surface area contributed by atoms with Crippen LogP contribution in [0.3, 0.4) is 0 Å². The van der Waals surface area contributed by atoms with Gasteiger partial charge in [-0.1, -0.05) is 315 Å². The van der Waals surface area contributed by atoms with Gasteiger partial charge in [0.15, 0.2) is 0 Å². The molecule has 364 valence electrons. The number of nitrogens with one attached hydrogen (secondary N) is 1. The molecule has 0 saturated carbocycles. The van der Waals surface area contributed by atoms with Gasteiger partial charge in [0.1, 0.15) is 0 Å². The number of unbranched alkanes of at least 4 members (excludes halogenated alkanes) is 46. The maximum atomic E-state index is 12.4. The number of carbonyl (C=O) groups excluding carboxylic acids is 1. The minimum Gasteiger partial charge on any atom is -0.394 e. The summed E-state index contributed by atoms with van der Waals surface area (Å²) in [5, 5.41) is 23.1. The molecular formula is C57H113NO3. The monoisotopic (exact) mass is 860 g/mol. The zero-order valence-corrected chi connectivity index (χ0v) is 42.0. The Labute approximate surface area is 384 Å². The Hall–Kier alpha value is -0.870. The van der Waals surface area contributed by atoms with E-state index in [0.29, 0.717) is 6.42 Å². The van der Waals surface area contributed by atoms with Gasteiger partial charge in [0.25, 0.3) is 0 Å². The Morgan fingerprint density at radius 1 is 0.377 bits per heavy atom. The molecule has 2 atom stereocenters. The normalized spacial score (nSPS) is 12.8. The van der Waals surface area contributed by atoms with Crippen LogP contribution in [0.2, 0.25) is 0 Å². The van der Waals surface area contributed by atoms with Gasteiger partial charge in [-0.25, -0.2) is 0 Å². The molecule has 0 radical (unpaired) electrons. The van der Waals surface area contributed by atoms with Crippen molar-refractivity contribution in [1.82, 2.24) is 5.32 Å². The predicted molar refractivity (Wildman–Crippen MR) is 272 cm³/mol. The Morgan fingerprint density at radius 2 is 0.607 bits per heavy atom. The summed E-state index contributed by atoms with van der Waals surface area (Å²) in [7, 11) is 0. The van der Waals surface area contributed by atoms with Gasteiger partial charge in [-0.05, 0) is 19.3 Å². The summed E-state index contributed by atoms with van der Waals surface area (Å²) in [5.41, 5.74) is 0. The maximum absolute atomic E-state index is 12.4. The van der Waals surface area contributed by atoms with Gasteiger partial charge >= 0.3 is 0 Å². The SMILES string of the molecule is CCCCCCCCCCCCC/C=C/[C@@H](O)[C@H](CO)NC(=O)CCCCCCCCCCCCCCCCCCCCCCCCCCCCCCCCCCCCCC. The van der Waals surface area contributed by atoms with Gasteiger partial charge in [-0.2, -0.15) is 0 Å². The smallest absolute Gasteiger partial charge is 0.220 e. The highest BCUT2D eigenvalue weighted by molar-refractivity contribution is 5.76. The highest BCUT2D eigenvalue weighted by Gasteiger charge is 2.18. The summed E-state index contributed by atoms with van der Waals surface area (Å²) in [4.78, 5) is 12.4. The van der Waals surface area contributed by atoms with E-state index in [1.807, 2.05) is 6.08 Å². The third kappa shape index (κ3) is 50.0. The molecule has 0 spiro atoms. The summed E-state index contributed by atoms with van der Waals surface area (Å²) >= 11 is 0. The quantitative estimate of drug-likeness (QED) is 0.0421. The number of rotatable bonds is 53. The van der Waals surface area contributed by atoms with E-state index in [1.54, 1.807) is 6.08 Å². The summed E-state index contributed by atoms with van der Waals surface area (Å²) in [6.07, 6.45) is 69.7. The molecule has 0 aromatic carbocycles. The third-order valence-corrected chi connectivity index (χ3v) is 13.5. The standard InChI is InChI=1S/C57H113NO3/c1-3-5-7-9-11-13-15-17-18-19-20-21-22-23-24-25-26-27-28-29-30-31-32-33-34-35-36-37-38-39-41-43-45-47-49-51-53-57(61)58-55(54-59)56(60)52-50-48-46-44-42-40-16-14-12-10-8-6-4-2/h50,52,55-56,59-60H,3-49,51,53-54H2,1-2H3,(H,58,61)/b52-50+/t55-,56+/m0/s1. The van der Waals surface area contributed by atoms with Gasteiger partial charge in [0.2, 0.25) is 5.91 Å². The van der Waals surface area contributed by atoms with E-state index < -0.39 is 12.1 Å². The van der Waals surface area contributed by atoms with Crippen LogP contribution in [0.15, 0.2) is 12.2 Å². The lowest BCUT2D eigenvalue weighted by Gasteiger charge is -2.20. The lowest BCUT2D eigenvalue weighted by atomic mass is 10.0. The molecule has 0 aliphatic rings. The van der Waals surface area contributed by atoms with Crippen LogP contribution in [0.5, 0.6) is 0 Å². The number of aliphatic hydroxyl groups is 2. The first-order valence-corrected chi connectivity index (χ1v) is 28.4. The van der Waals surface area contributed by atoms with E-state index in [2.05, 4.69) is 19.2 Å². The van der Waals surface area contributed by atoms with Crippen LogP contribution in [0.1, 0.15) is 328 Å². The van der Waals surface area contributed by atoms with Crippen LogP contribution >= 0.6 is 0 Å².